The molecule has 178 valence electrons. The second-order valence-electron chi connectivity index (χ2n) is 8.65. The molecule has 0 spiro atoms. The van der Waals surface area contributed by atoms with Crippen LogP contribution in [0.4, 0.5) is 0 Å². The molecular weight excluding hydrogens is 436 g/mol. The fourth-order valence-electron chi connectivity index (χ4n) is 3.42. The molecule has 1 aromatic carbocycles. The van der Waals surface area contributed by atoms with Crippen molar-refractivity contribution in [2.45, 2.75) is 39.7 Å². The molecule has 0 aliphatic heterocycles. The van der Waals surface area contributed by atoms with E-state index in [1.165, 1.54) is 29.7 Å². The SMILES string of the molecule is CCOC(=O)c1cnn(-c2nc(OC)c3c(cnn3CCOc3ccc(C(C)(C)C)cc3)n2)c1. The summed E-state index contributed by atoms with van der Waals surface area (Å²) in [6, 6.07) is 8.12. The lowest BCUT2D eigenvalue weighted by Crippen LogP contribution is -2.12. The molecule has 0 unspecified atom stereocenters. The van der Waals surface area contributed by atoms with E-state index in [9.17, 15) is 4.79 Å². The standard InChI is InChI=1S/C24H28N6O4/c1-6-33-22(31)16-13-25-30(15-16)23-27-19-14-26-29(20(19)21(28-23)32-5)11-12-34-18-9-7-17(8-10-18)24(2,3)4/h7-10,13-15H,6,11-12H2,1-5H3. The van der Waals surface area contributed by atoms with E-state index >= 15 is 0 Å². The van der Waals surface area contributed by atoms with Crippen molar-refractivity contribution in [3.05, 3.63) is 54.0 Å². The monoisotopic (exact) mass is 464 g/mol. The molecule has 3 aromatic heterocycles. The van der Waals surface area contributed by atoms with Crippen LogP contribution < -0.4 is 9.47 Å². The maximum absolute atomic E-state index is 11.9. The zero-order valence-corrected chi connectivity index (χ0v) is 20.0. The smallest absolute Gasteiger partial charge is 0.341 e. The second kappa shape index (κ2) is 9.50. The van der Waals surface area contributed by atoms with Crippen molar-refractivity contribution < 1.29 is 19.0 Å². The fourth-order valence-corrected chi connectivity index (χ4v) is 3.42. The van der Waals surface area contributed by atoms with Gasteiger partial charge in [0.25, 0.3) is 5.95 Å². The first kappa shape index (κ1) is 23.2. The Bertz CT molecular complexity index is 1290. The molecule has 10 heteroatoms. The first-order valence-corrected chi connectivity index (χ1v) is 11.0. The van der Waals surface area contributed by atoms with Gasteiger partial charge in [-0.15, -0.1) is 0 Å². The molecule has 4 aromatic rings. The van der Waals surface area contributed by atoms with Gasteiger partial charge in [-0.05, 0) is 30.0 Å². The Balaban J connectivity index is 1.50. The summed E-state index contributed by atoms with van der Waals surface area (Å²) in [6.07, 6.45) is 4.56. The Morgan fingerprint density at radius 2 is 1.82 bits per heavy atom. The van der Waals surface area contributed by atoms with Crippen molar-refractivity contribution in [1.29, 1.82) is 0 Å². The Kier molecular flexibility index (Phi) is 6.49. The average Bonchev–Trinajstić information content (AvgIpc) is 3.46. The van der Waals surface area contributed by atoms with Gasteiger partial charge in [-0.25, -0.2) is 14.5 Å². The summed E-state index contributed by atoms with van der Waals surface area (Å²) >= 11 is 0. The molecule has 0 atom stereocenters. The number of carbonyl (C=O) groups excluding carboxylic acids is 1. The van der Waals surface area contributed by atoms with Crippen LogP contribution in [0.25, 0.3) is 17.0 Å². The molecule has 0 aliphatic carbocycles. The molecular formula is C24H28N6O4. The largest absolute Gasteiger partial charge is 0.492 e. The van der Waals surface area contributed by atoms with Gasteiger partial charge in [0.15, 0.2) is 0 Å². The summed E-state index contributed by atoms with van der Waals surface area (Å²) in [5.74, 6) is 0.948. The summed E-state index contributed by atoms with van der Waals surface area (Å²) in [5.41, 5.74) is 2.90. The number of carbonyl (C=O) groups is 1. The lowest BCUT2D eigenvalue weighted by Gasteiger charge is -2.19. The van der Waals surface area contributed by atoms with Crippen molar-refractivity contribution in [3.8, 4) is 17.6 Å². The minimum Gasteiger partial charge on any atom is -0.492 e. The Labute approximate surface area is 197 Å². The number of aromatic nitrogens is 6. The number of esters is 1. The molecule has 0 saturated carbocycles. The first-order valence-electron chi connectivity index (χ1n) is 11.0. The zero-order valence-electron chi connectivity index (χ0n) is 20.0. The van der Waals surface area contributed by atoms with Gasteiger partial charge in [0.2, 0.25) is 5.88 Å². The van der Waals surface area contributed by atoms with Crippen LogP contribution >= 0.6 is 0 Å². The van der Waals surface area contributed by atoms with E-state index in [2.05, 4.69) is 53.1 Å². The predicted molar refractivity (Wildman–Crippen MR) is 126 cm³/mol. The number of ether oxygens (including phenoxy) is 3. The van der Waals surface area contributed by atoms with E-state index in [1.807, 2.05) is 12.1 Å². The number of rotatable bonds is 8. The molecule has 3 heterocycles. The van der Waals surface area contributed by atoms with Gasteiger partial charge in [0.05, 0.1) is 38.2 Å². The van der Waals surface area contributed by atoms with Crippen LogP contribution in [0.15, 0.2) is 42.9 Å². The van der Waals surface area contributed by atoms with E-state index < -0.39 is 5.97 Å². The Morgan fingerprint density at radius 1 is 1.06 bits per heavy atom. The third-order valence-corrected chi connectivity index (χ3v) is 5.23. The number of methoxy groups -OCH3 is 1. The van der Waals surface area contributed by atoms with Crippen molar-refractivity contribution in [2.75, 3.05) is 20.3 Å². The Hall–Kier alpha value is -3.95. The van der Waals surface area contributed by atoms with Gasteiger partial charge in [0, 0.05) is 6.20 Å². The number of hydrogen-bond donors (Lipinski definition) is 0. The maximum Gasteiger partial charge on any atom is 0.341 e. The third kappa shape index (κ3) is 4.85. The molecule has 0 saturated heterocycles. The van der Waals surface area contributed by atoms with Crippen LogP contribution in [-0.2, 0) is 16.7 Å². The van der Waals surface area contributed by atoms with Gasteiger partial charge in [-0.1, -0.05) is 32.9 Å². The van der Waals surface area contributed by atoms with Crippen molar-refractivity contribution in [1.82, 2.24) is 29.5 Å². The van der Waals surface area contributed by atoms with Gasteiger partial charge in [-0.3, -0.25) is 4.68 Å². The molecule has 0 radical (unpaired) electrons. The highest BCUT2D eigenvalue weighted by Gasteiger charge is 2.18. The molecule has 0 amide bonds. The zero-order chi connectivity index (χ0) is 24.3. The van der Waals surface area contributed by atoms with Gasteiger partial charge >= 0.3 is 5.97 Å². The lowest BCUT2D eigenvalue weighted by atomic mass is 9.87. The predicted octanol–water partition coefficient (Wildman–Crippen LogP) is 3.57. The summed E-state index contributed by atoms with van der Waals surface area (Å²) in [5, 5.41) is 8.60. The first-order chi connectivity index (χ1) is 16.3. The summed E-state index contributed by atoms with van der Waals surface area (Å²) in [6.45, 7) is 9.46. The van der Waals surface area contributed by atoms with Crippen molar-refractivity contribution >= 4 is 17.0 Å². The number of nitrogens with zero attached hydrogens (tertiary/aromatic N) is 6. The molecule has 4 rings (SSSR count). The normalized spacial score (nSPS) is 11.6. The topological polar surface area (TPSA) is 106 Å². The average molecular weight is 465 g/mol. The van der Waals surface area contributed by atoms with E-state index in [4.69, 9.17) is 14.2 Å². The highest BCUT2D eigenvalue weighted by atomic mass is 16.5. The summed E-state index contributed by atoms with van der Waals surface area (Å²) < 4.78 is 19.6. The van der Waals surface area contributed by atoms with Crippen LogP contribution in [0.1, 0.15) is 43.6 Å². The van der Waals surface area contributed by atoms with Crippen LogP contribution in [-0.4, -0.2) is 55.8 Å². The van der Waals surface area contributed by atoms with Gasteiger partial charge in [0.1, 0.15) is 23.4 Å². The second-order valence-corrected chi connectivity index (χ2v) is 8.65. The van der Waals surface area contributed by atoms with E-state index in [0.29, 0.717) is 35.6 Å². The molecule has 0 aliphatic rings. The maximum atomic E-state index is 11.9. The Morgan fingerprint density at radius 3 is 2.50 bits per heavy atom. The quantitative estimate of drug-likeness (QED) is 0.364. The van der Waals surface area contributed by atoms with Crippen LogP contribution in [0.5, 0.6) is 11.6 Å². The van der Waals surface area contributed by atoms with Crippen LogP contribution in [0.2, 0.25) is 0 Å². The van der Waals surface area contributed by atoms with Crippen LogP contribution in [0.3, 0.4) is 0 Å². The van der Waals surface area contributed by atoms with Crippen molar-refractivity contribution in [3.63, 3.8) is 0 Å². The van der Waals surface area contributed by atoms with Gasteiger partial charge < -0.3 is 14.2 Å². The molecule has 0 bridgehead atoms. The molecule has 10 nitrogen and oxygen atoms in total. The van der Waals surface area contributed by atoms with E-state index in [0.717, 1.165) is 5.75 Å². The fraction of sp³-hybridized carbons (Fsp3) is 0.375. The number of benzene rings is 1. The molecule has 34 heavy (non-hydrogen) atoms. The van der Waals surface area contributed by atoms with Crippen molar-refractivity contribution in [2.24, 2.45) is 0 Å². The minimum atomic E-state index is -0.456. The van der Waals surface area contributed by atoms with Crippen LogP contribution in [0, 0.1) is 0 Å². The highest BCUT2D eigenvalue weighted by molar-refractivity contribution is 5.88. The summed E-state index contributed by atoms with van der Waals surface area (Å²) in [4.78, 5) is 20.9. The third-order valence-electron chi connectivity index (χ3n) is 5.23. The lowest BCUT2D eigenvalue weighted by molar-refractivity contribution is 0.0526. The minimum absolute atomic E-state index is 0.0957. The van der Waals surface area contributed by atoms with Gasteiger partial charge in [-0.2, -0.15) is 15.2 Å². The molecule has 0 fully saturated rings. The highest BCUT2D eigenvalue weighted by Crippen LogP contribution is 2.25. The van der Waals surface area contributed by atoms with E-state index in [1.54, 1.807) is 17.8 Å². The number of fused-ring (bicyclic) bond motifs is 1. The van der Waals surface area contributed by atoms with E-state index in [-0.39, 0.29) is 18.0 Å². The summed E-state index contributed by atoms with van der Waals surface area (Å²) in [7, 11) is 1.53. The molecule has 0 N–H and O–H groups in total. The number of hydrogen-bond acceptors (Lipinski definition) is 8.